The monoisotopic (exact) mass is 526 g/mol. The molecule has 0 bridgehead atoms. The molecule has 1 atom stereocenters. The van der Waals surface area contributed by atoms with Crippen molar-refractivity contribution in [3.63, 3.8) is 0 Å². The molecule has 0 radical (unpaired) electrons. The summed E-state index contributed by atoms with van der Waals surface area (Å²) in [6.07, 6.45) is -1.76. The van der Waals surface area contributed by atoms with E-state index in [1.807, 2.05) is 30.3 Å². The van der Waals surface area contributed by atoms with Crippen LogP contribution in [0.4, 0.5) is 16.2 Å². The lowest BCUT2D eigenvalue weighted by atomic mass is 10.1. The van der Waals surface area contributed by atoms with Gasteiger partial charge in [0.05, 0.1) is 31.9 Å². The first-order valence-corrected chi connectivity index (χ1v) is 12.9. The third-order valence-corrected chi connectivity index (χ3v) is 5.47. The van der Waals surface area contributed by atoms with E-state index in [4.69, 9.17) is 18.9 Å². The van der Waals surface area contributed by atoms with Crippen LogP contribution in [0, 0.1) is 5.92 Å². The number of nitrogens with one attached hydrogen (secondary N) is 1. The molecule has 0 fully saturated rings. The summed E-state index contributed by atoms with van der Waals surface area (Å²) >= 11 is 0. The molecular weight excluding hydrogens is 488 g/mol. The smallest absolute Gasteiger partial charge is 0.407 e. The van der Waals surface area contributed by atoms with Crippen LogP contribution >= 0.6 is 0 Å². The lowest BCUT2D eigenvalue weighted by Gasteiger charge is -2.26. The minimum absolute atomic E-state index is 0.125. The highest BCUT2D eigenvalue weighted by molar-refractivity contribution is 6.05. The minimum Gasteiger partial charge on any atom is -0.493 e. The molecule has 2 amide bonds. The quantitative estimate of drug-likeness (QED) is 0.445. The van der Waals surface area contributed by atoms with E-state index in [2.05, 4.69) is 19.2 Å². The maximum absolute atomic E-state index is 13.8. The summed E-state index contributed by atoms with van der Waals surface area (Å²) in [5.74, 6) is 0.139. The van der Waals surface area contributed by atoms with E-state index in [-0.39, 0.29) is 32.1 Å². The summed E-state index contributed by atoms with van der Waals surface area (Å²) in [6, 6.07) is 12.8. The maximum Gasteiger partial charge on any atom is 0.407 e. The van der Waals surface area contributed by atoms with Crippen LogP contribution in [-0.4, -0.2) is 42.9 Å². The number of hydrogen-bond acceptors (Lipinski definition) is 7. The first kappa shape index (κ1) is 29.0. The third kappa shape index (κ3) is 8.21. The molecular formula is C29H38N2O7. The second kappa shape index (κ2) is 12.8. The Morgan fingerprint density at radius 1 is 1.16 bits per heavy atom. The van der Waals surface area contributed by atoms with Gasteiger partial charge in [0.15, 0.2) is 0 Å². The Morgan fingerprint density at radius 2 is 1.92 bits per heavy atom. The maximum atomic E-state index is 13.8. The fourth-order valence-corrected chi connectivity index (χ4v) is 3.85. The Kier molecular flexibility index (Phi) is 9.74. The molecule has 0 unspecified atom stereocenters. The van der Waals surface area contributed by atoms with Gasteiger partial charge in [-0.25, -0.2) is 4.79 Å². The van der Waals surface area contributed by atoms with E-state index in [0.29, 0.717) is 29.6 Å². The highest BCUT2D eigenvalue weighted by Crippen LogP contribution is 2.36. The van der Waals surface area contributed by atoms with E-state index < -0.39 is 23.8 Å². The zero-order valence-electron chi connectivity index (χ0n) is 23.0. The van der Waals surface area contributed by atoms with Crippen LogP contribution in [0.15, 0.2) is 42.5 Å². The van der Waals surface area contributed by atoms with Crippen LogP contribution in [0.25, 0.3) is 0 Å². The van der Waals surface area contributed by atoms with Crippen LogP contribution in [0.2, 0.25) is 0 Å². The highest BCUT2D eigenvalue weighted by atomic mass is 16.6. The van der Waals surface area contributed by atoms with Gasteiger partial charge in [-0.05, 0) is 69.5 Å². The standard InChI is InChI=1S/C29H38N2O7/c1-7-35-26(32)15-25-27(33)31(24-12-11-23(36-17-19(2)3)14-21(24)18-37-25)22-10-8-9-20(13-22)16-30-28(34)38-29(4,5)6/h8-14,19,25H,7,15-18H2,1-6H3,(H,30,34)/t25-/m0/s1. The predicted molar refractivity (Wildman–Crippen MR) is 143 cm³/mol. The summed E-state index contributed by atoms with van der Waals surface area (Å²) in [5, 5.41) is 2.74. The first-order valence-electron chi connectivity index (χ1n) is 12.9. The average Bonchev–Trinajstić information content (AvgIpc) is 2.97. The number of fused-ring (bicyclic) bond motifs is 1. The fourth-order valence-electron chi connectivity index (χ4n) is 3.85. The van der Waals surface area contributed by atoms with Crippen molar-refractivity contribution in [2.75, 3.05) is 18.1 Å². The van der Waals surface area contributed by atoms with Crippen LogP contribution < -0.4 is 15.0 Å². The Labute approximate surface area is 224 Å². The molecule has 3 rings (SSSR count). The van der Waals surface area contributed by atoms with Crippen molar-refractivity contribution < 1.29 is 33.3 Å². The zero-order valence-corrected chi connectivity index (χ0v) is 23.0. The number of amides is 2. The largest absolute Gasteiger partial charge is 0.493 e. The molecule has 38 heavy (non-hydrogen) atoms. The SMILES string of the molecule is CCOC(=O)C[C@@H]1OCc2cc(OCC(C)C)ccc2N(c2cccc(CNC(=O)OC(C)(C)C)c2)C1=O. The summed E-state index contributed by atoms with van der Waals surface area (Å²) in [5.41, 5.74) is 2.13. The van der Waals surface area contributed by atoms with Crippen molar-refractivity contribution >= 4 is 29.3 Å². The lowest BCUT2D eigenvalue weighted by molar-refractivity contribution is -0.150. The molecule has 0 spiro atoms. The number of rotatable bonds is 9. The Morgan fingerprint density at radius 3 is 2.61 bits per heavy atom. The van der Waals surface area contributed by atoms with Gasteiger partial charge in [0, 0.05) is 17.8 Å². The van der Waals surface area contributed by atoms with Crippen LogP contribution in [0.5, 0.6) is 5.75 Å². The van der Waals surface area contributed by atoms with E-state index in [1.54, 1.807) is 44.7 Å². The number of ether oxygens (including phenoxy) is 4. The predicted octanol–water partition coefficient (Wildman–Crippen LogP) is 5.26. The number of nitrogens with zero attached hydrogens (tertiary/aromatic N) is 1. The number of alkyl carbamates (subject to hydrolysis) is 1. The average molecular weight is 527 g/mol. The van der Waals surface area contributed by atoms with Crippen molar-refractivity contribution in [1.29, 1.82) is 0 Å². The van der Waals surface area contributed by atoms with Gasteiger partial charge >= 0.3 is 12.1 Å². The minimum atomic E-state index is -1.02. The van der Waals surface area contributed by atoms with Gasteiger partial charge in [0.25, 0.3) is 5.91 Å². The van der Waals surface area contributed by atoms with Gasteiger partial charge in [-0.15, -0.1) is 0 Å². The Balaban J connectivity index is 1.92. The Bertz CT molecular complexity index is 1140. The first-order chi connectivity index (χ1) is 18.0. The second-order valence-electron chi connectivity index (χ2n) is 10.5. The summed E-state index contributed by atoms with van der Waals surface area (Å²) in [6.45, 7) is 12.3. The number of carbonyl (C=O) groups is 3. The number of carbonyl (C=O) groups excluding carboxylic acids is 3. The third-order valence-electron chi connectivity index (χ3n) is 5.47. The molecule has 206 valence electrons. The molecule has 0 aliphatic carbocycles. The molecule has 9 heteroatoms. The Hall–Kier alpha value is -3.59. The van der Waals surface area contributed by atoms with Gasteiger partial charge in [0.2, 0.25) is 0 Å². The van der Waals surface area contributed by atoms with Gasteiger partial charge in [-0.3, -0.25) is 14.5 Å². The normalized spacial score (nSPS) is 15.5. The van der Waals surface area contributed by atoms with Gasteiger partial charge in [-0.1, -0.05) is 26.0 Å². The number of anilines is 2. The van der Waals surface area contributed by atoms with Crippen molar-refractivity contribution in [2.24, 2.45) is 5.92 Å². The van der Waals surface area contributed by atoms with Crippen molar-refractivity contribution in [2.45, 2.75) is 72.8 Å². The van der Waals surface area contributed by atoms with Crippen LogP contribution in [0.1, 0.15) is 59.1 Å². The molecule has 1 aliphatic rings. The van der Waals surface area contributed by atoms with Gasteiger partial charge in [-0.2, -0.15) is 0 Å². The zero-order chi connectivity index (χ0) is 27.9. The molecule has 2 aromatic carbocycles. The summed E-state index contributed by atoms with van der Waals surface area (Å²) < 4.78 is 22.2. The fraction of sp³-hybridized carbons (Fsp3) is 0.483. The highest BCUT2D eigenvalue weighted by Gasteiger charge is 2.34. The van der Waals surface area contributed by atoms with E-state index >= 15 is 0 Å². The summed E-state index contributed by atoms with van der Waals surface area (Å²) in [4.78, 5) is 39.7. The van der Waals surface area contributed by atoms with E-state index in [0.717, 1.165) is 11.1 Å². The van der Waals surface area contributed by atoms with E-state index in [1.165, 1.54) is 0 Å². The molecule has 1 aliphatic heterocycles. The second-order valence-corrected chi connectivity index (χ2v) is 10.5. The molecule has 0 aromatic heterocycles. The van der Waals surface area contributed by atoms with Crippen molar-refractivity contribution in [3.8, 4) is 5.75 Å². The molecule has 1 heterocycles. The van der Waals surface area contributed by atoms with Crippen molar-refractivity contribution in [1.82, 2.24) is 5.32 Å². The lowest BCUT2D eigenvalue weighted by Crippen LogP contribution is -2.37. The van der Waals surface area contributed by atoms with Gasteiger partial charge < -0.3 is 24.3 Å². The summed E-state index contributed by atoms with van der Waals surface area (Å²) in [7, 11) is 0. The van der Waals surface area contributed by atoms with Crippen LogP contribution in [0.3, 0.4) is 0 Å². The number of benzene rings is 2. The molecule has 0 saturated heterocycles. The van der Waals surface area contributed by atoms with Crippen molar-refractivity contribution in [3.05, 3.63) is 53.6 Å². The van der Waals surface area contributed by atoms with E-state index in [9.17, 15) is 14.4 Å². The molecule has 0 saturated carbocycles. The number of hydrogen-bond donors (Lipinski definition) is 1. The molecule has 9 nitrogen and oxygen atoms in total. The van der Waals surface area contributed by atoms with Gasteiger partial charge in [0.1, 0.15) is 17.5 Å². The molecule has 1 N–H and O–H groups in total. The molecule has 2 aromatic rings. The number of esters is 1. The van der Waals surface area contributed by atoms with Crippen LogP contribution in [-0.2, 0) is 37.0 Å². The topological polar surface area (TPSA) is 103 Å².